The standard InChI is InChI=1S/C10H18N2O/c1-2-10(13)9-8-11-4-3-5-12(9)7-6-11/h2,9-10,13H,1,3-8H2. The molecule has 3 heteroatoms. The van der Waals surface area contributed by atoms with Crippen molar-refractivity contribution >= 4 is 0 Å². The fourth-order valence-corrected chi connectivity index (χ4v) is 2.37. The number of piperazine rings is 1. The molecule has 1 N–H and O–H groups in total. The Kier molecular flexibility index (Phi) is 2.67. The van der Waals surface area contributed by atoms with Gasteiger partial charge in [0.1, 0.15) is 0 Å². The number of hydrogen-bond acceptors (Lipinski definition) is 3. The van der Waals surface area contributed by atoms with E-state index in [-0.39, 0.29) is 12.1 Å². The first-order chi connectivity index (χ1) is 6.31. The third kappa shape index (κ3) is 1.77. The second-order valence-electron chi connectivity index (χ2n) is 3.98. The molecule has 0 aromatic rings. The van der Waals surface area contributed by atoms with Crippen molar-refractivity contribution < 1.29 is 5.11 Å². The van der Waals surface area contributed by atoms with Crippen molar-refractivity contribution in [1.29, 1.82) is 0 Å². The van der Waals surface area contributed by atoms with E-state index in [9.17, 15) is 5.11 Å². The molecule has 3 rings (SSSR count). The number of aliphatic hydroxyl groups excluding tert-OH is 1. The van der Waals surface area contributed by atoms with Crippen LogP contribution in [-0.4, -0.2) is 59.8 Å². The average Bonchev–Trinajstić information content (AvgIpc) is 2.50. The molecule has 0 aromatic heterocycles. The minimum absolute atomic E-state index is 0.286. The fourth-order valence-electron chi connectivity index (χ4n) is 2.37. The second-order valence-corrected chi connectivity index (χ2v) is 3.98. The molecule has 4 atom stereocenters. The molecule has 3 aliphatic rings. The van der Waals surface area contributed by atoms with Gasteiger partial charge in [0.05, 0.1) is 12.1 Å². The molecule has 3 heterocycles. The second kappa shape index (κ2) is 3.78. The van der Waals surface area contributed by atoms with Gasteiger partial charge in [-0.25, -0.2) is 0 Å². The summed E-state index contributed by atoms with van der Waals surface area (Å²) in [5.41, 5.74) is 0. The molecule has 4 unspecified atom stereocenters. The summed E-state index contributed by atoms with van der Waals surface area (Å²) in [6.07, 6.45) is 2.54. The average molecular weight is 182 g/mol. The molecule has 3 aliphatic heterocycles. The molecule has 0 spiro atoms. The molecule has 2 bridgehead atoms. The number of rotatable bonds is 2. The molecular weight excluding hydrogens is 164 g/mol. The van der Waals surface area contributed by atoms with Crippen LogP contribution >= 0.6 is 0 Å². The predicted octanol–water partition coefficient (Wildman–Crippen LogP) is -0.0768. The molecule has 0 aliphatic carbocycles. The van der Waals surface area contributed by atoms with E-state index in [0.717, 1.165) is 19.6 Å². The number of fused-ring (bicyclic) bond motifs is 4. The third-order valence-electron chi connectivity index (χ3n) is 3.17. The van der Waals surface area contributed by atoms with Crippen molar-refractivity contribution in [1.82, 2.24) is 9.80 Å². The van der Waals surface area contributed by atoms with E-state index >= 15 is 0 Å². The van der Waals surface area contributed by atoms with Crippen LogP contribution in [0.2, 0.25) is 0 Å². The molecule has 0 amide bonds. The van der Waals surface area contributed by atoms with Gasteiger partial charge in [0.15, 0.2) is 0 Å². The maximum absolute atomic E-state index is 9.74. The van der Waals surface area contributed by atoms with E-state index in [0.29, 0.717) is 0 Å². The molecule has 74 valence electrons. The minimum atomic E-state index is -0.360. The highest BCUT2D eigenvalue weighted by Gasteiger charge is 2.32. The SMILES string of the molecule is C=CC(O)C1CN2CCCN1CC2. The van der Waals surface area contributed by atoms with Crippen molar-refractivity contribution in [3.8, 4) is 0 Å². The third-order valence-corrected chi connectivity index (χ3v) is 3.17. The Labute approximate surface area is 79.6 Å². The Morgan fingerprint density at radius 2 is 2.15 bits per heavy atom. The van der Waals surface area contributed by atoms with Crippen molar-refractivity contribution in [3.63, 3.8) is 0 Å². The molecule has 0 saturated carbocycles. The first kappa shape index (κ1) is 9.19. The first-order valence-corrected chi connectivity index (χ1v) is 5.08. The van der Waals surface area contributed by atoms with E-state index < -0.39 is 0 Å². The molecule has 3 saturated heterocycles. The van der Waals surface area contributed by atoms with Crippen LogP contribution < -0.4 is 0 Å². The normalized spacial score (nSPS) is 41.2. The van der Waals surface area contributed by atoms with Crippen LogP contribution in [0.1, 0.15) is 6.42 Å². The fraction of sp³-hybridized carbons (Fsp3) is 0.800. The summed E-state index contributed by atoms with van der Waals surface area (Å²) < 4.78 is 0. The molecule has 13 heavy (non-hydrogen) atoms. The van der Waals surface area contributed by atoms with Crippen molar-refractivity contribution in [2.75, 3.05) is 32.7 Å². The van der Waals surface area contributed by atoms with Gasteiger partial charge in [-0.1, -0.05) is 6.08 Å². The number of nitrogens with zero attached hydrogens (tertiary/aromatic N) is 2. The van der Waals surface area contributed by atoms with Crippen LogP contribution in [0.4, 0.5) is 0 Å². The molecule has 0 aromatic carbocycles. The summed E-state index contributed by atoms with van der Waals surface area (Å²) in [7, 11) is 0. The zero-order chi connectivity index (χ0) is 9.26. The van der Waals surface area contributed by atoms with Crippen molar-refractivity contribution in [2.24, 2.45) is 0 Å². The molecular formula is C10H18N2O. The summed E-state index contributed by atoms with van der Waals surface area (Å²) in [5, 5.41) is 9.74. The summed E-state index contributed by atoms with van der Waals surface area (Å²) >= 11 is 0. The zero-order valence-electron chi connectivity index (χ0n) is 8.02. The van der Waals surface area contributed by atoms with Crippen LogP contribution in [-0.2, 0) is 0 Å². The summed E-state index contributed by atoms with van der Waals surface area (Å²) in [6, 6.07) is 0.286. The highest BCUT2D eigenvalue weighted by atomic mass is 16.3. The van der Waals surface area contributed by atoms with Gasteiger partial charge in [-0.3, -0.25) is 4.90 Å². The van der Waals surface area contributed by atoms with Crippen molar-refractivity contribution in [2.45, 2.75) is 18.6 Å². The quantitative estimate of drug-likeness (QED) is 0.605. The van der Waals surface area contributed by atoms with E-state index in [1.807, 2.05) is 0 Å². The molecule has 3 nitrogen and oxygen atoms in total. The largest absolute Gasteiger partial charge is 0.387 e. The smallest absolute Gasteiger partial charge is 0.0885 e. The van der Waals surface area contributed by atoms with Crippen LogP contribution in [0.25, 0.3) is 0 Å². The maximum atomic E-state index is 9.74. The van der Waals surface area contributed by atoms with E-state index in [1.54, 1.807) is 6.08 Å². The van der Waals surface area contributed by atoms with Gasteiger partial charge in [0.2, 0.25) is 0 Å². The lowest BCUT2D eigenvalue weighted by molar-refractivity contribution is 0.0366. The Bertz CT molecular complexity index is 191. The van der Waals surface area contributed by atoms with Gasteiger partial charge in [-0.15, -0.1) is 6.58 Å². The lowest BCUT2D eigenvalue weighted by Crippen LogP contribution is -2.54. The number of aliphatic hydroxyl groups is 1. The topological polar surface area (TPSA) is 26.7 Å². The van der Waals surface area contributed by atoms with Gasteiger partial charge >= 0.3 is 0 Å². The van der Waals surface area contributed by atoms with E-state index in [4.69, 9.17) is 0 Å². The summed E-state index contributed by atoms with van der Waals surface area (Å²) in [4.78, 5) is 4.84. The van der Waals surface area contributed by atoms with Crippen LogP contribution in [0.5, 0.6) is 0 Å². The Morgan fingerprint density at radius 1 is 1.31 bits per heavy atom. The van der Waals surface area contributed by atoms with Gasteiger partial charge in [-0.05, 0) is 19.5 Å². The van der Waals surface area contributed by atoms with E-state index in [1.165, 1.54) is 19.5 Å². The van der Waals surface area contributed by atoms with E-state index in [2.05, 4.69) is 16.4 Å². The van der Waals surface area contributed by atoms with Crippen LogP contribution in [0.15, 0.2) is 12.7 Å². The van der Waals surface area contributed by atoms with Gasteiger partial charge in [0, 0.05) is 19.6 Å². The van der Waals surface area contributed by atoms with Crippen LogP contribution in [0, 0.1) is 0 Å². The van der Waals surface area contributed by atoms with Gasteiger partial charge in [0.25, 0.3) is 0 Å². The predicted molar refractivity (Wildman–Crippen MR) is 52.6 cm³/mol. The molecule has 0 radical (unpaired) electrons. The lowest BCUT2D eigenvalue weighted by Gasteiger charge is -2.39. The van der Waals surface area contributed by atoms with Crippen LogP contribution in [0.3, 0.4) is 0 Å². The zero-order valence-corrected chi connectivity index (χ0v) is 8.02. The number of hydrogen-bond donors (Lipinski definition) is 1. The van der Waals surface area contributed by atoms with Gasteiger partial charge in [-0.2, -0.15) is 0 Å². The Hall–Kier alpha value is -0.380. The molecule has 3 fully saturated rings. The maximum Gasteiger partial charge on any atom is 0.0885 e. The highest BCUT2D eigenvalue weighted by Crippen LogP contribution is 2.18. The minimum Gasteiger partial charge on any atom is -0.387 e. The Balaban J connectivity index is 2.07. The first-order valence-electron chi connectivity index (χ1n) is 5.08. The monoisotopic (exact) mass is 182 g/mol. The van der Waals surface area contributed by atoms with Crippen molar-refractivity contribution in [3.05, 3.63) is 12.7 Å². The Morgan fingerprint density at radius 3 is 2.92 bits per heavy atom. The highest BCUT2D eigenvalue weighted by molar-refractivity contribution is 4.96. The van der Waals surface area contributed by atoms with Gasteiger partial charge < -0.3 is 10.0 Å². The summed E-state index contributed by atoms with van der Waals surface area (Å²) in [5.74, 6) is 0. The lowest BCUT2D eigenvalue weighted by atomic mass is 10.1. The summed E-state index contributed by atoms with van der Waals surface area (Å²) in [6.45, 7) is 9.26.